The Morgan fingerprint density at radius 1 is 0.720 bits per heavy atom. The van der Waals surface area contributed by atoms with Crippen LogP contribution in [0.3, 0.4) is 0 Å². The van der Waals surface area contributed by atoms with Crippen LogP contribution in [0.5, 0.6) is 0 Å². The maximum absolute atomic E-state index is 2.39. The second kappa shape index (κ2) is 14.6. The van der Waals surface area contributed by atoms with E-state index in [0.29, 0.717) is 0 Å². The molecule has 0 spiro atoms. The number of hydrogen-bond acceptors (Lipinski definition) is 0. The van der Waals surface area contributed by atoms with Crippen molar-refractivity contribution >= 4 is 0 Å². The SMILES string of the molecule is CCCCCCCCCCCCCCCC[N+](C)(C)CC1=CC=CC1. The average Bonchev–Trinajstić information content (AvgIpc) is 3.07. The Bertz CT molecular complexity index is 364. The molecule has 1 aliphatic rings. The molecule has 0 saturated carbocycles. The highest BCUT2D eigenvalue weighted by molar-refractivity contribution is 5.23. The fourth-order valence-electron chi connectivity index (χ4n) is 3.97. The topological polar surface area (TPSA) is 0 Å². The van der Waals surface area contributed by atoms with E-state index in [-0.39, 0.29) is 0 Å². The normalized spacial score (nSPS) is 14.3. The number of quaternary nitrogens is 1. The summed E-state index contributed by atoms with van der Waals surface area (Å²) >= 11 is 0. The Kier molecular flexibility index (Phi) is 13.1. The standard InChI is InChI=1S/C24H46N/c1-4-5-6-7-8-9-10-11-12-13-14-15-16-19-22-25(2,3)23-24-20-17-18-21-24/h17-18,20H,4-16,19,21-23H2,1-3H3/q+1. The second-order valence-corrected chi connectivity index (χ2v) is 8.87. The number of rotatable bonds is 17. The van der Waals surface area contributed by atoms with Gasteiger partial charge in [0.15, 0.2) is 0 Å². The van der Waals surface area contributed by atoms with Gasteiger partial charge in [0.25, 0.3) is 0 Å². The first kappa shape index (κ1) is 22.5. The molecule has 1 nitrogen and oxygen atoms in total. The summed E-state index contributed by atoms with van der Waals surface area (Å²) < 4.78 is 1.16. The van der Waals surface area contributed by atoms with Gasteiger partial charge < -0.3 is 4.48 Å². The van der Waals surface area contributed by atoms with Crippen molar-refractivity contribution in [2.24, 2.45) is 0 Å². The molecule has 0 aromatic rings. The van der Waals surface area contributed by atoms with Crippen molar-refractivity contribution in [2.45, 2.75) is 103 Å². The third kappa shape index (κ3) is 13.3. The zero-order valence-corrected chi connectivity index (χ0v) is 17.7. The Morgan fingerprint density at radius 2 is 1.20 bits per heavy atom. The minimum atomic E-state index is 1.16. The highest BCUT2D eigenvalue weighted by Crippen LogP contribution is 2.17. The molecule has 0 aromatic heterocycles. The average molecular weight is 349 g/mol. The van der Waals surface area contributed by atoms with Gasteiger partial charge >= 0.3 is 0 Å². The molecular weight excluding hydrogens is 302 g/mol. The summed E-state index contributed by atoms with van der Waals surface area (Å²) in [6, 6.07) is 0. The summed E-state index contributed by atoms with van der Waals surface area (Å²) in [4.78, 5) is 0. The lowest BCUT2D eigenvalue weighted by molar-refractivity contribution is -0.885. The third-order valence-electron chi connectivity index (χ3n) is 5.60. The van der Waals surface area contributed by atoms with Crippen LogP contribution in [-0.2, 0) is 0 Å². The lowest BCUT2D eigenvalue weighted by atomic mass is 10.0. The summed E-state index contributed by atoms with van der Waals surface area (Å²) in [5, 5.41) is 0. The van der Waals surface area contributed by atoms with Crippen molar-refractivity contribution in [1.82, 2.24) is 0 Å². The number of unbranched alkanes of at least 4 members (excludes halogenated alkanes) is 13. The summed E-state index contributed by atoms with van der Waals surface area (Å²) in [6.07, 6.45) is 28.3. The van der Waals surface area contributed by atoms with Crippen molar-refractivity contribution in [3.63, 3.8) is 0 Å². The minimum absolute atomic E-state index is 1.16. The highest BCUT2D eigenvalue weighted by atomic mass is 15.3. The van der Waals surface area contributed by atoms with Gasteiger partial charge in [-0.1, -0.05) is 102 Å². The van der Waals surface area contributed by atoms with Gasteiger partial charge in [-0.2, -0.15) is 0 Å². The first-order chi connectivity index (χ1) is 12.1. The molecule has 0 heterocycles. The van der Waals surface area contributed by atoms with Crippen LogP contribution in [0.4, 0.5) is 0 Å². The fourth-order valence-corrected chi connectivity index (χ4v) is 3.97. The molecule has 0 fully saturated rings. The van der Waals surface area contributed by atoms with E-state index in [9.17, 15) is 0 Å². The van der Waals surface area contributed by atoms with Crippen LogP contribution in [0, 0.1) is 0 Å². The molecular formula is C24H46N+. The molecule has 146 valence electrons. The van der Waals surface area contributed by atoms with Gasteiger partial charge in [-0.05, 0) is 24.8 Å². The zero-order valence-electron chi connectivity index (χ0n) is 17.7. The van der Waals surface area contributed by atoms with E-state index < -0.39 is 0 Å². The number of likely N-dealkylation sites (N-methyl/N-ethyl adjacent to an activating group) is 1. The number of allylic oxidation sites excluding steroid dienone is 3. The molecule has 0 atom stereocenters. The van der Waals surface area contributed by atoms with Gasteiger partial charge in [-0.3, -0.25) is 0 Å². The predicted octanol–water partition coefficient (Wildman–Crippen LogP) is 7.43. The molecule has 0 aliphatic heterocycles. The molecule has 0 amide bonds. The van der Waals surface area contributed by atoms with Crippen molar-refractivity contribution < 1.29 is 4.48 Å². The van der Waals surface area contributed by atoms with Gasteiger partial charge in [-0.15, -0.1) is 0 Å². The zero-order chi connectivity index (χ0) is 18.2. The first-order valence-corrected chi connectivity index (χ1v) is 11.3. The Balaban J connectivity index is 1.81. The van der Waals surface area contributed by atoms with E-state index >= 15 is 0 Å². The van der Waals surface area contributed by atoms with Crippen LogP contribution in [-0.4, -0.2) is 31.7 Å². The van der Waals surface area contributed by atoms with Crippen molar-refractivity contribution in [3.05, 3.63) is 23.8 Å². The highest BCUT2D eigenvalue weighted by Gasteiger charge is 2.17. The molecule has 1 aliphatic carbocycles. The van der Waals surface area contributed by atoms with Gasteiger partial charge in [0.1, 0.15) is 6.54 Å². The molecule has 0 bridgehead atoms. The van der Waals surface area contributed by atoms with Crippen LogP contribution < -0.4 is 0 Å². The monoisotopic (exact) mass is 348 g/mol. The van der Waals surface area contributed by atoms with Crippen LogP contribution in [0.25, 0.3) is 0 Å². The molecule has 1 heteroatoms. The van der Waals surface area contributed by atoms with E-state index in [1.54, 1.807) is 5.57 Å². The predicted molar refractivity (Wildman–Crippen MR) is 114 cm³/mol. The van der Waals surface area contributed by atoms with Gasteiger partial charge in [0, 0.05) is 0 Å². The second-order valence-electron chi connectivity index (χ2n) is 8.87. The van der Waals surface area contributed by atoms with E-state index in [2.05, 4.69) is 39.2 Å². The Hall–Kier alpha value is -0.560. The number of nitrogens with zero attached hydrogens (tertiary/aromatic N) is 1. The van der Waals surface area contributed by atoms with Gasteiger partial charge in [0.2, 0.25) is 0 Å². The van der Waals surface area contributed by atoms with Crippen molar-refractivity contribution in [1.29, 1.82) is 0 Å². The maximum atomic E-state index is 2.39. The molecule has 0 unspecified atom stereocenters. The van der Waals surface area contributed by atoms with Crippen LogP contribution in [0.2, 0.25) is 0 Å². The molecule has 0 N–H and O–H groups in total. The summed E-state index contributed by atoms with van der Waals surface area (Å²) in [5.74, 6) is 0. The van der Waals surface area contributed by atoms with E-state index in [1.165, 1.54) is 109 Å². The van der Waals surface area contributed by atoms with Crippen molar-refractivity contribution in [3.8, 4) is 0 Å². The quantitative estimate of drug-likeness (QED) is 0.189. The van der Waals surface area contributed by atoms with E-state index in [0.717, 1.165) is 4.48 Å². The third-order valence-corrected chi connectivity index (χ3v) is 5.60. The molecule has 0 radical (unpaired) electrons. The largest absolute Gasteiger partial charge is 0.325 e. The molecule has 25 heavy (non-hydrogen) atoms. The minimum Gasteiger partial charge on any atom is -0.325 e. The van der Waals surface area contributed by atoms with Crippen molar-refractivity contribution in [2.75, 3.05) is 27.2 Å². The first-order valence-electron chi connectivity index (χ1n) is 11.3. The van der Waals surface area contributed by atoms with Crippen LogP contribution in [0.15, 0.2) is 23.8 Å². The molecule has 1 rings (SSSR count). The maximum Gasteiger partial charge on any atom is 0.100 e. The Labute approximate surface area is 159 Å². The summed E-state index contributed by atoms with van der Waals surface area (Å²) in [7, 11) is 4.78. The summed E-state index contributed by atoms with van der Waals surface area (Å²) in [5.41, 5.74) is 1.61. The van der Waals surface area contributed by atoms with Gasteiger partial charge in [0.05, 0.1) is 20.6 Å². The van der Waals surface area contributed by atoms with Gasteiger partial charge in [-0.25, -0.2) is 0 Å². The van der Waals surface area contributed by atoms with Crippen LogP contribution >= 0.6 is 0 Å². The van der Waals surface area contributed by atoms with E-state index in [4.69, 9.17) is 0 Å². The lowest BCUT2D eigenvalue weighted by Crippen LogP contribution is -2.41. The summed E-state index contributed by atoms with van der Waals surface area (Å²) in [6.45, 7) is 4.85. The fraction of sp³-hybridized carbons (Fsp3) is 0.833. The lowest BCUT2D eigenvalue weighted by Gasteiger charge is -2.30. The van der Waals surface area contributed by atoms with E-state index in [1.807, 2.05) is 0 Å². The number of hydrogen-bond donors (Lipinski definition) is 0. The molecule has 0 aromatic carbocycles. The molecule has 0 saturated heterocycles. The van der Waals surface area contributed by atoms with Crippen LogP contribution in [0.1, 0.15) is 103 Å². The smallest absolute Gasteiger partial charge is 0.100 e. The Morgan fingerprint density at radius 3 is 1.64 bits per heavy atom.